The lowest BCUT2D eigenvalue weighted by molar-refractivity contribution is -0.182. The minimum Gasteiger partial charge on any atom is -0.399 e. The van der Waals surface area contributed by atoms with Gasteiger partial charge in [0.15, 0.2) is 0 Å². The Morgan fingerprint density at radius 1 is 1.03 bits per heavy atom. The summed E-state index contributed by atoms with van der Waals surface area (Å²) in [4.78, 5) is 0.0488. The molecule has 0 spiro atoms. The van der Waals surface area contributed by atoms with E-state index in [4.69, 9.17) is 9.31 Å². The van der Waals surface area contributed by atoms with Crippen molar-refractivity contribution < 1.29 is 30.9 Å². The van der Waals surface area contributed by atoms with Gasteiger partial charge in [-0.1, -0.05) is 11.6 Å². The number of alkyl halides is 3. The maximum Gasteiger partial charge on any atom is 0.494 e. The fourth-order valence-corrected chi connectivity index (χ4v) is 5.22. The highest BCUT2D eigenvalue weighted by Gasteiger charge is 2.52. The van der Waals surface area contributed by atoms with Gasteiger partial charge in [0.2, 0.25) is 10.0 Å². The average Bonchev–Trinajstić information content (AvgIpc) is 2.81. The van der Waals surface area contributed by atoms with Gasteiger partial charge in [0.25, 0.3) is 0 Å². The highest BCUT2D eigenvalue weighted by molar-refractivity contribution is 7.89. The van der Waals surface area contributed by atoms with Crippen molar-refractivity contribution in [2.45, 2.75) is 69.7 Å². The average molecular weight is 433 g/mol. The summed E-state index contributed by atoms with van der Waals surface area (Å²) in [5.74, 6) is -1.45. The van der Waals surface area contributed by atoms with Gasteiger partial charge < -0.3 is 9.31 Å². The van der Waals surface area contributed by atoms with E-state index in [2.05, 4.69) is 0 Å². The van der Waals surface area contributed by atoms with Gasteiger partial charge in [0, 0.05) is 13.1 Å². The van der Waals surface area contributed by atoms with Crippen molar-refractivity contribution in [3.05, 3.63) is 23.8 Å². The van der Waals surface area contributed by atoms with Gasteiger partial charge in [-0.2, -0.15) is 17.5 Å². The number of aryl methyl sites for hydroxylation is 1. The molecule has 5 nitrogen and oxygen atoms in total. The molecule has 0 aliphatic carbocycles. The Bertz CT molecular complexity index is 862. The summed E-state index contributed by atoms with van der Waals surface area (Å²) < 4.78 is 78.0. The molecule has 162 valence electrons. The second kappa shape index (κ2) is 7.25. The van der Waals surface area contributed by atoms with Crippen LogP contribution >= 0.6 is 0 Å². The molecule has 0 N–H and O–H groups in total. The highest BCUT2D eigenvalue weighted by Crippen LogP contribution is 2.37. The predicted octanol–water partition coefficient (Wildman–Crippen LogP) is 3.26. The van der Waals surface area contributed by atoms with E-state index in [1.807, 2.05) is 27.7 Å². The smallest absolute Gasteiger partial charge is 0.399 e. The third-order valence-corrected chi connectivity index (χ3v) is 8.03. The minimum absolute atomic E-state index is 0.0488. The maximum absolute atomic E-state index is 13.1. The third-order valence-electron chi connectivity index (χ3n) is 6.15. The maximum atomic E-state index is 13.1. The predicted molar refractivity (Wildman–Crippen MR) is 104 cm³/mol. The molecule has 3 rings (SSSR count). The number of nitrogens with zero attached hydrogens (tertiary/aromatic N) is 1. The van der Waals surface area contributed by atoms with Crippen molar-refractivity contribution in [1.82, 2.24) is 4.31 Å². The molecule has 1 aromatic rings. The molecule has 2 aliphatic heterocycles. The largest absolute Gasteiger partial charge is 0.494 e. The number of piperidine rings is 1. The fourth-order valence-electron chi connectivity index (χ4n) is 3.61. The third kappa shape index (κ3) is 4.35. The molecule has 0 saturated carbocycles. The monoisotopic (exact) mass is 433 g/mol. The van der Waals surface area contributed by atoms with Gasteiger partial charge in [-0.15, -0.1) is 0 Å². The standard InChI is InChI=1S/C19H27BF3NO4S/c1-13-10-15(20-27-17(2,3)18(4,5)28-20)12-16(11-13)29(25,26)24-8-6-14(7-9-24)19(21,22)23/h10-12,14H,6-9H2,1-5H3. The van der Waals surface area contributed by atoms with Crippen molar-refractivity contribution >= 4 is 22.6 Å². The Hall–Kier alpha value is -1.10. The topological polar surface area (TPSA) is 55.8 Å². The van der Waals surface area contributed by atoms with Gasteiger partial charge in [-0.25, -0.2) is 8.42 Å². The van der Waals surface area contributed by atoms with Crippen LogP contribution < -0.4 is 5.46 Å². The Balaban J connectivity index is 1.85. The SMILES string of the molecule is Cc1cc(B2OC(C)(C)C(C)(C)O2)cc(S(=O)(=O)N2CCC(C(F)(F)F)CC2)c1. The first-order chi connectivity index (χ1) is 13.1. The molecule has 0 radical (unpaired) electrons. The van der Waals surface area contributed by atoms with E-state index in [1.165, 1.54) is 12.1 Å². The molecule has 0 bridgehead atoms. The number of sulfonamides is 1. The van der Waals surface area contributed by atoms with Gasteiger partial charge in [-0.3, -0.25) is 0 Å². The van der Waals surface area contributed by atoms with Gasteiger partial charge in [-0.05, 0) is 65.1 Å². The van der Waals surface area contributed by atoms with Crippen molar-refractivity contribution in [2.24, 2.45) is 5.92 Å². The number of halogens is 3. The molecule has 0 atom stereocenters. The summed E-state index contributed by atoms with van der Waals surface area (Å²) in [6.45, 7) is 9.11. The normalized spacial score (nSPS) is 23.5. The lowest BCUT2D eigenvalue weighted by Gasteiger charge is -2.32. The van der Waals surface area contributed by atoms with Crippen LogP contribution in [0.3, 0.4) is 0 Å². The molecule has 0 aromatic heterocycles. The van der Waals surface area contributed by atoms with E-state index in [9.17, 15) is 21.6 Å². The second-order valence-electron chi connectivity index (χ2n) is 8.89. The first-order valence-corrected chi connectivity index (χ1v) is 11.1. The summed E-state index contributed by atoms with van der Waals surface area (Å²) in [6, 6.07) is 4.83. The van der Waals surface area contributed by atoms with Gasteiger partial charge in [0.1, 0.15) is 0 Å². The van der Waals surface area contributed by atoms with Crippen molar-refractivity contribution in [3.8, 4) is 0 Å². The Morgan fingerprint density at radius 3 is 2.03 bits per heavy atom. The number of benzene rings is 1. The van der Waals surface area contributed by atoms with Crippen LogP contribution in [0.5, 0.6) is 0 Å². The zero-order chi connectivity index (χ0) is 21.8. The molecule has 0 amide bonds. The van der Waals surface area contributed by atoms with Crippen LogP contribution in [-0.4, -0.2) is 50.3 Å². The Morgan fingerprint density at radius 2 is 1.55 bits per heavy atom. The van der Waals surface area contributed by atoms with Crippen LogP contribution in [0.15, 0.2) is 23.1 Å². The van der Waals surface area contributed by atoms with E-state index in [1.54, 1.807) is 13.0 Å². The Labute approximate surface area is 170 Å². The number of hydrogen-bond acceptors (Lipinski definition) is 4. The summed E-state index contributed by atoms with van der Waals surface area (Å²) in [5.41, 5.74) is 0.146. The summed E-state index contributed by atoms with van der Waals surface area (Å²) in [5, 5.41) is 0. The Kier molecular flexibility index (Phi) is 5.65. The van der Waals surface area contributed by atoms with Crippen LogP contribution in [0.1, 0.15) is 46.1 Å². The molecule has 2 heterocycles. The first kappa shape index (κ1) is 22.6. The summed E-state index contributed by atoms with van der Waals surface area (Å²) in [6.07, 6.45) is -4.74. The molecule has 2 saturated heterocycles. The lowest BCUT2D eigenvalue weighted by atomic mass is 9.78. The summed E-state index contributed by atoms with van der Waals surface area (Å²) in [7, 11) is -4.63. The van der Waals surface area contributed by atoms with E-state index in [0.717, 1.165) is 4.31 Å². The number of rotatable bonds is 3. The zero-order valence-corrected chi connectivity index (χ0v) is 18.2. The van der Waals surface area contributed by atoms with Crippen molar-refractivity contribution in [1.29, 1.82) is 0 Å². The van der Waals surface area contributed by atoms with Crippen molar-refractivity contribution in [3.63, 3.8) is 0 Å². The van der Waals surface area contributed by atoms with Crippen LogP contribution in [0, 0.1) is 12.8 Å². The van der Waals surface area contributed by atoms with Crippen molar-refractivity contribution in [2.75, 3.05) is 13.1 Å². The van der Waals surface area contributed by atoms with Gasteiger partial charge >= 0.3 is 13.3 Å². The fraction of sp³-hybridized carbons (Fsp3) is 0.684. The minimum atomic E-state index is -4.29. The molecular formula is C19H27BF3NO4S. The van der Waals surface area contributed by atoms with E-state index >= 15 is 0 Å². The van der Waals surface area contributed by atoms with Crippen LogP contribution in [0.4, 0.5) is 13.2 Å². The number of hydrogen-bond donors (Lipinski definition) is 0. The molecule has 29 heavy (non-hydrogen) atoms. The van der Waals surface area contributed by atoms with Gasteiger partial charge in [0.05, 0.1) is 22.0 Å². The van der Waals surface area contributed by atoms with E-state index < -0.39 is 40.4 Å². The van der Waals surface area contributed by atoms with E-state index in [0.29, 0.717) is 11.0 Å². The van der Waals surface area contributed by atoms with Crippen LogP contribution in [0.2, 0.25) is 0 Å². The molecular weight excluding hydrogens is 406 g/mol. The molecule has 2 aliphatic rings. The summed E-state index contributed by atoms with van der Waals surface area (Å²) >= 11 is 0. The first-order valence-electron chi connectivity index (χ1n) is 9.67. The highest BCUT2D eigenvalue weighted by atomic mass is 32.2. The molecule has 10 heteroatoms. The van der Waals surface area contributed by atoms with E-state index in [-0.39, 0.29) is 30.8 Å². The molecule has 1 aromatic carbocycles. The molecule has 0 unspecified atom stereocenters. The zero-order valence-electron chi connectivity index (χ0n) is 17.3. The molecule has 2 fully saturated rings. The van der Waals surface area contributed by atoms with Crippen LogP contribution in [0.25, 0.3) is 0 Å². The quantitative estimate of drug-likeness (QED) is 0.687. The van der Waals surface area contributed by atoms with Crippen LogP contribution in [-0.2, 0) is 19.3 Å². The second-order valence-corrected chi connectivity index (χ2v) is 10.8. The lowest BCUT2D eigenvalue weighted by Crippen LogP contribution is -2.42.